The van der Waals surface area contributed by atoms with Crippen LogP contribution in [-0.4, -0.2) is 61.6 Å². The first-order valence-corrected chi connectivity index (χ1v) is 23.9. The predicted octanol–water partition coefficient (Wildman–Crippen LogP) is 13.9. The van der Waals surface area contributed by atoms with E-state index in [9.17, 15) is 0 Å². The SMILES string of the molecule is CCCCCCCC/C=C/CCCCCCCCN(CCCC)CCCCN(CCCCCCCC/C=C/CCCCCCCC)CCCN=C(N)N. The predicted molar refractivity (Wildman–Crippen MR) is 241 cm³/mol. The minimum Gasteiger partial charge on any atom is -0.370 e. The largest absolute Gasteiger partial charge is 0.370 e. The molecule has 0 atom stereocenters. The molecule has 0 aliphatic heterocycles. The molecule has 314 valence electrons. The van der Waals surface area contributed by atoms with Crippen molar-refractivity contribution in [3.05, 3.63) is 24.3 Å². The number of hydrogen-bond donors (Lipinski definition) is 2. The third kappa shape index (κ3) is 43.3. The molecule has 0 saturated heterocycles. The summed E-state index contributed by atoms with van der Waals surface area (Å²) in [5, 5.41) is 0. The van der Waals surface area contributed by atoms with Crippen molar-refractivity contribution in [3.63, 3.8) is 0 Å². The van der Waals surface area contributed by atoms with Gasteiger partial charge in [-0.3, -0.25) is 4.99 Å². The van der Waals surface area contributed by atoms with E-state index in [1.54, 1.807) is 0 Å². The fraction of sp³-hybridized carbons (Fsp3) is 0.896. The molecule has 5 nitrogen and oxygen atoms in total. The van der Waals surface area contributed by atoms with Gasteiger partial charge in [0.05, 0.1) is 0 Å². The van der Waals surface area contributed by atoms with E-state index in [0.29, 0.717) is 0 Å². The summed E-state index contributed by atoms with van der Waals surface area (Å²) in [5.74, 6) is 0.221. The van der Waals surface area contributed by atoms with Crippen molar-refractivity contribution in [1.29, 1.82) is 0 Å². The van der Waals surface area contributed by atoms with Gasteiger partial charge in [-0.05, 0) is 129 Å². The Morgan fingerprint density at radius 1 is 0.340 bits per heavy atom. The molecular weight excluding hydrogens is 647 g/mol. The lowest BCUT2D eigenvalue weighted by Gasteiger charge is -2.25. The molecule has 0 unspecified atom stereocenters. The smallest absolute Gasteiger partial charge is 0.185 e. The number of unbranched alkanes of at least 4 members (excludes halogenated alkanes) is 26. The lowest BCUT2D eigenvalue weighted by atomic mass is 10.1. The molecule has 0 aliphatic carbocycles. The minimum absolute atomic E-state index is 0.221. The first-order valence-electron chi connectivity index (χ1n) is 23.9. The first kappa shape index (κ1) is 51.7. The summed E-state index contributed by atoms with van der Waals surface area (Å²) in [7, 11) is 0. The molecule has 0 saturated carbocycles. The second-order valence-electron chi connectivity index (χ2n) is 16.3. The van der Waals surface area contributed by atoms with Gasteiger partial charge in [0.1, 0.15) is 0 Å². The Balaban J connectivity index is 4.11. The molecule has 0 radical (unpaired) electrons. The molecule has 53 heavy (non-hydrogen) atoms. The van der Waals surface area contributed by atoms with Crippen molar-refractivity contribution in [3.8, 4) is 0 Å². The molecule has 0 spiro atoms. The lowest BCUT2D eigenvalue weighted by Crippen LogP contribution is -2.30. The van der Waals surface area contributed by atoms with Crippen LogP contribution in [0.4, 0.5) is 0 Å². The topological polar surface area (TPSA) is 70.9 Å². The van der Waals surface area contributed by atoms with Crippen LogP contribution < -0.4 is 11.5 Å². The van der Waals surface area contributed by atoms with Gasteiger partial charge in [-0.1, -0.05) is 167 Å². The van der Waals surface area contributed by atoms with Crippen LogP contribution in [0.2, 0.25) is 0 Å². The summed E-state index contributed by atoms with van der Waals surface area (Å²) >= 11 is 0. The van der Waals surface area contributed by atoms with Crippen molar-refractivity contribution in [1.82, 2.24) is 9.80 Å². The Labute approximate surface area is 334 Å². The van der Waals surface area contributed by atoms with Crippen LogP contribution in [0.5, 0.6) is 0 Å². The van der Waals surface area contributed by atoms with Crippen LogP contribution in [0, 0.1) is 0 Å². The molecule has 0 amide bonds. The maximum absolute atomic E-state index is 5.58. The van der Waals surface area contributed by atoms with Gasteiger partial charge in [-0.25, -0.2) is 0 Å². The monoisotopic (exact) mass is 744 g/mol. The van der Waals surface area contributed by atoms with E-state index in [-0.39, 0.29) is 5.96 Å². The number of hydrogen-bond acceptors (Lipinski definition) is 3. The highest BCUT2D eigenvalue weighted by Gasteiger charge is 2.08. The fourth-order valence-electron chi connectivity index (χ4n) is 7.39. The van der Waals surface area contributed by atoms with Gasteiger partial charge >= 0.3 is 0 Å². The van der Waals surface area contributed by atoms with Crippen LogP contribution in [0.15, 0.2) is 29.3 Å². The molecular formula is C48H97N5. The number of guanidine groups is 1. The van der Waals surface area contributed by atoms with Crippen molar-refractivity contribution in [2.24, 2.45) is 16.5 Å². The van der Waals surface area contributed by atoms with Crippen molar-refractivity contribution in [2.75, 3.05) is 45.8 Å². The molecule has 0 aromatic rings. The standard InChI is InChI=1S/C48H97N5/c1-4-7-10-12-14-16-18-20-22-24-26-28-30-32-34-36-43-52(42-9-6-3)45-38-39-46-53(47-40-41-51-48(49)50)44-37-35-33-31-29-27-25-23-21-19-17-15-13-11-8-5-2/h20-23H,4-19,24-47H2,1-3H3,(H4,49,50,51)/b22-20+,23-21+. The Hall–Kier alpha value is -1.33. The summed E-state index contributed by atoms with van der Waals surface area (Å²) in [6.07, 6.45) is 54.5. The zero-order valence-electron chi connectivity index (χ0n) is 36.6. The summed E-state index contributed by atoms with van der Waals surface area (Å²) in [6.45, 7) is 15.0. The van der Waals surface area contributed by atoms with E-state index in [1.165, 1.54) is 238 Å². The Morgan fingerprint density at radius 3 is 0.943 bits per heavy atom. The first-order chi connectivity index (χ1) is 26.1. The number of allylic oxidation sites excluding steroid dienone is 4. The zero-order valence-corrected chi connectivity index (χ0v) is 36.6. The average molecular weight is 744 g/mol. The Bertz CT molecular complexity index is 774. The minimum atomic E-state index is 0.221. The number of aliphatic imine (C=N–C) groups is 1. The van der Waals surface area contributed by atoms with Crippen molar-refractivity contribution < 1.29 is 0 Å². The lowest BCUT2D eigenvalue weighted by molar-refractivity contribution is 0.232. The maximum atomic E-state index is 5.58. The van der Waals surface area contributed by atoms with E-state index in [4.69, 9.17) is 11.5 Å². The van der Waals surface area contributed by atoms with Gasteiger partial charge in [0.2, 0.25) is 0 Å². The number of rotatable bonds is 44. The molecule has 0 aliphatic rings. The molecule has 0 aromatic heterocycles. The molecule has 0 heterocycles. The normalized spacial score (nSPS) is 12.0. The molecule has 4 N–H and O–H groups in total. The van der Waals surface area contributed by atoms with E-state index >= 15 is 0 Å². The third-order valence-electron chi connectivity index (χ3n) is 10.9. The Kier molecular flexibility index (Phi) is 43.9. The summed E-state index contributed by atoms with van der Waals surface area (Å²) < 4.78 is 0. The highest BCUT2D eigenvalue weighted by molar-refractivity contribution is 5.75. The van der Waals surface area contributed by atoms with Crippen LogP contribution in [0.25, 0.3) is 0 Å². The van der Waals surface area contributed by atoms with Gasteiger partial charge in [0.25, 0.3) is 0 Å². The van der Waals surface area contributed by atoms with Crippen LogP contribution in [-0.2, 0) is 0 Å². The molecule has 0 aromatic carbocycles. The second kappa shape index (κ2) is 45.1. The number of nitrogens with zero attached hydrogens (tertiary/aromatic N) is 3. The van der Waals surface area contributed by atoms with Gasteiger partial charge < -0.3 is 21.3 Å². The zero-order chi connectivity index (χ0) is 38.6. The third-order valence-corrected chi connectivity index (χ3v) is 10.9. The van der Waals surface area contributed by atoms with E-state index in [0.717, 1.165) is 19.5 Å². The van der Waals surface area contributed by atoms with Crippen molar-refractivity contribution >= 4 is 5.96 Å². The quantitative estimate of drug-likeness (QED) is 0.0282. The van der Waals surface area contributed by atoms with Gasteiger partial charge in [0, 0.05) is 6.54 Å². The molecule has 5 heteroatoms. The van der Waals surface area contributed by atoms with Crippen molar-refractivity contribution in [2.45, 2.75) is 233 Å². The summed E-state index contributed by atoms with van der Waals surface area (Å²) in [5.41, 5.74) is 11.2. The van der Waals surface area contributed by atoms with E-state index in [1.807, 2.05) is 0 Å². The van der Waals surface area contributed by atoms with Crippen LogP contribution in [0.3, 0.4) is 0 Å². The van der Waals surface area contributed by atoms with Gasteiger partial charge in [-0.2, -0.15) is 0 Å². The van der Waals surface area contributed by atoms with Gasteiger partial charge in [-0.15, -0.1) is 0 Å². The molecule has 0 fully saturated rings. The average Bonchev–Trinajstić information content (AvgIpc) is 3.15. The maximum Gasteiger partial charge on any atom is 0.185 e. The summed E-state index contributed by atoms with van der Waals surface area (Å²) in [6, 6.07) is 0. The second-order valence-corrected chi connectivity index (χ2v) is 16.3. The highest BCUT2D eigenvalue weighted by atomic mass is 15.1. The van der Waals surface area contributed by atoms with Gasteiger partial charge in [0.15, 0.2) is 5.96 Å². The highest BCUT2D eigenvalue weighted by Crippen LogP contribution is 2.13. The van der Waals surface area contributed by atoms with Crippen LogP contribution >= 0.6 is 0 Å². The molecule has 0 rings (SSSR count). The Morgan fingerprint density at radius 2 is 0.604 bits per heavy atom. The summed E-state index contributed by atoms with van der Waals surface area (Å²) in [4.78, 5) is 9.70. The fourth-order valence-corrected chi connectivity index (χ4v) is 7.39. The molecule has 0 bridgehead atoms. The van der Waals surface area contributed by atoms with E-state index < -0.39 is 0 Å². The van der Waals surface area contributed by atoms with E-state index in [2.05, 4.69) is 59.9 Å². The van der Waals surface area contributed by atoms with Crippen LogP contribution in [0.1, 0.15) is 233 Å². The number of nitrogens with two attached hydrogens (primary N) is 2.